The zero-order valence-corrected chi connectivity index (χ0v) is 11.2. The van der Waals surface area contributed by atoms with E-state index in [1.807, 2.05) is 0 Å². The third kappa shape index (κ3) is 2.18. The van der Waals surface area contributed by atoms with Crippen LogP contribution in [0.3, 0.4) is 0 Å². The van der Waals surface area contributed by atoms with Gasteiger partial charge in [-0.3, -0.25) is 10.1 Å². The van der Waals surface area contributed by atoms with Gasteiger partial charge in [-0.15, -0.1) is 0 Å². The van der Waals surface area contributed by atoms with Crippen LogP contribution < -0.4 is 0 Å². The molecule has 108 valence electrons. The number of rotatable bonds is 3. The van der Waals surface area contributed by atoms with Crippen molar-refractivity contribution in [3.05, 3.63) is 34.4 Å². The minimum atomic E-state index is -3.66. The van der Waals surface area contributed by atoms with Gasteiger partial charge in [0.1, 0.15) is 6.79 Å². The van der Waals surface area contributed by atoms with E-state index in [4.69, 9.17) is 9.47 Å². The molecule has 2 heterocycles. The van der Waals surface area contributed by atoms with Gasteiger partial charge in [0.05, 0.1) is 35.1 Å². The number of non-ortho nitro benzene ring substituents is 1. The SMILES string of the molecule is O=[N+]([O-])c1ccc(S(=O)(=O)N2[C@@H]3COCOC[C@@H]32)cc1. The Balaban J connectivity index is 1.84. The molecule has 2 saturated heterocycles. The highest BCUT2D eigenvalue weighted by Crippen LogP contribution is 2.37. The maximum atomic E-state index is 12.4. The fourth-order valence-corrected chi connectivity index (χ4v) is 4.08. The molecule has 0 amide bonds. The predicted octanol–water partition coefficient (Wildman–Crippen LogP) is 0.341. The van der Waals surface area contributed by atoms with Crippen molar-refractivity contribution < 1.29 is 22.8 Å². The van der Waals surface area contributed by atoms with Gasteiger partial charge in [0.25, 0.3) is 5.69 Å². The van der Waals surface area contributed by atoms with Crippen molar-refractivity contribution >= 4 is 15.7 Å². The molecular weight excluding hydrogens is 288 g/mol. The Morgan fingerprint density at radius 3 is 2.20 bits per heavy atom. The smallest absolute Gasteiger partial charge is 0.269 e. The van der Waals surface area contributed by atoms with E-state index in [0.29, 0.717) is 13.2 Å². The number of fused-ring (bicyclic) bond motifs is 1. The van der Waals surface area contributed by atoms with Gasteiger partial charge in [-0.25, -0.2) is 8.42 Å². The van der Waals surface area contributed by atoms with Gasteiger partial charge in [0.15, 0.2) is 0 Å². The molecule has 1 unspecified atom stereocenters. The predicted molar refractivity (Wildman–Crippen MR) is 66.5 cm³/mol. The highest BCUT2D eigenvalue weighted by atomic mass is 32.2. The van der Waals surface area contributed by atoms with Crippen LogP contribution in [0.5, 0.6) is 0 Å². The summed E-state index contributed by atoms with van der Waals surface area (Å²) in [5.41, 5.74) is -0.143. The number of ether oxygens (including phenoxy) is 2. The highest BCUT2D eigenvalue weighted by Gasteiger charge is 2.56. The number of nitrogens with zero attached hydrogens (tertiary/aromatic N) is 2. The van der Waals surface area contributed by atoms with Gasteiger partial charge >= 0.3 is 0 Å². The Kier molecular flexibility index (Phi) is 3.21. The second-order valence-corrected chi connectivity index (χ2v) is 6.42. The van der Waals surface area contributed by atoms with E-state index in [2.05, 4.69) is 0 Å². The van der Waals surface area contributed by atoms with Crippen LogP contribution in [-0.4, -0.2) is 49.7 Å². The van der Waals surface area contributed by atoms with Crippen LogP contribution in [0.2, 0.25) is 0 Å². The first-order valence-electron chi connectivity index (χ1n) is 5.95. The third-order valence-corrected chi connectivity index (χ3v) is 5.34. The quantitative estimate of drug-likeness (QED) is 0.453. The Hall–Kier alpha value is -1.55. The summed E-state index contributed by atoms with van der Waals surface area (Å²) >= 11 is 0. The largest absolute Gasteiger partial charge is 0.354 e. The minimum absolute atomic E-state index is 0.0381. The zero-order valence-electron chi connectivity index (χ0n) is 10.3. The molecule has 2 aliphatic rings. The molecule has 8 nitrogen and oxygen atoms in total. The van der Waals surface area contributed by atoms with Gasteiger partial charge in [0.2, 0.25) is 10.0 Å². The lowest BCUT2D eigenvalue weighted by Crippen LogP contribution is -2.20. The number of sulfonamides is 1. The molecule has 0 aromatic heterocycles. The lowest BCUT2D eigenvalue weighted by molar-refractivity contribution is -0.384. The van der Waals surface area contributed by atoms with Crippen LogP contribution in [0.1, 0.15) is 0 Å². The Labute approximate surface area is 115 Å². The molecule has 0 bridgehead atoms. The van der Waals surface area contributed by atoms with E-state index in [-0.39, 0.29) is 29.5 Å². The van der Waals surface area contributed by atoms with Gasteiger partial charge in [-0.2, -0.15) is 4.31 Å². The fourth-order valence-electron chi connectivity index (χ4n) is 2.29. The second-order valence-electron chi connectivity index (χ2n) is 4.58. The molecule has 0 spiro atoms. The molecule has 2 fully saturated rings. The third-order valence-electron chi connectivity index (χ3n) is 3.37. The molecule has 3 rings (SSSR count). The maximum Gasteiger partial charge on any atom is 0.269 e. The number of benzene rings is 1. The van der Waals surface area contributed by atoms with E-state index in [9.17, 15) is 18.5 Å². The number of hydrogen-bond donors (Lipinski definition) is 0. The second kappa shape index (κ2) is 4.77. The number of hydrogen-bond acceptors (Lipinski definition) is 6. The summed E-state index contributed by atoms with van der Waals surface area (Å²) in [5, 5.41) is 10.6. The van der Waals surface area contributed by atoms with Crippen molar-refractivity contribution in [1.29, 1.82) is 0 Å². The van der Waals surface area contributed by atoms with Crippen LogP contribution in [-0.2, 0) is 19.5 Å². The molecule has 1 aromatic rings. The zero-order chi connectivity index (χ0) is 14.3. The maximum absolute atomic E-state index is 12.4. The van der Waals surface area contributed by atoms with Crippen LogP contribution in [0.25, 0.3) is 0 Å². The summed E-state index contributed by atoms with van der Waals surface area (Å²) in [4.78, 5) is 10.0. The van der Waals surface area contributed by atoms with Gasteiger partial charge < -0.3 is 9.47 Å². The molecule has 0 saturated carbocycles. The first kappa shape index (κ1) is 13.4. The van der Waals surface area contributed by atoms with Gasteiger partial charge in [-0.1, -0.05) is 0 Å². The van der Waals surface area contributed by atoms with E-state index >= 15 is 0 Å². The molecule has 3 atom stereocenters. The van der Waals surface area contributed by atoms with Gasteiger partial charge in [-0.05, 0) is 12.1 Å². The Morgan fingerprint density at radius 2 is 1.70 bits per heavy atom. The summed E-state index contributed by atoms with van der Waals surface area (Å²) < 4.78 is 36.4. The molecular formula is C11H12N2O6S. The molecule has 0 N–H and O–H groups in total. The first-order chi connectivity index (χ1) is 9.51. The lowest BCUT2D eigenvalue weighted by Gasteiger charge is -2.09. The summed E-state index contributed by atoms with van der Waals surface area (Å²) in [6.45, 7) is 0.784. The monoisotopic (exact) mass is 300 g/mol. The Bertz CT molecular complexity index is 617. The lowest BCUT2D eigenvalue weighted by atomic mass is 10.3. The van der Waals surface area contributed by atoms with Crippen LogP contribution in [0.4, 0.5) is 5.69 Å². The number of nitro benzene ring substituents is 1. The molecule has 0 aliphatic carbocycles. The highest BCUT2D eigenvalue weighted by molar-refractivity contribution is 7.89. The normalized spacial score (nSPS) is 29.3. The van der Waals surface area contributed by atoms with Gasteiger partial charge in [0, 0.05) is 12.1 Å². The average Bonchev–Trinajstić information content (AvgIpc) is 3.13. The summed E-state index contributed by atoms with van der Waals surface area (Å²) in [6.07, 6.45) is 0. The molecule has 2 aliphatic heterocycles. The Morgan fingerprint density at radius 1 is 1.15 bits per heavy atom. The summed E-state index contributed by atoms with van der Waals surface area (Å²) in [7, 11) is -3.66. The summed E-state index contributed by atoms with van der Waals surface area (Å²) in [5.74, 6) is 0. The standard InChI is InChI=1S/C11H12N2O6S/c14-13(15)8-1-3-9(4-2-8)20(16,17)12-10-5-18-7-19-6-11(10)12/h1-4,10-11H,5-7H2/t10-,11+,12?. The van der Waals surface area contributed by atoms with Crippen LogP contribution in [0, 0.1) is 10.1 Å². The summed E-state index contributed by atoms with van der Waals surface area (Å²) in [6, 6.07) is 4.43. The van der Waals surface area contributed by atoms with E-state index in [0.717, 1.165) is 0 Å². The van der Waals surface area contributed by atoms with Crippen LogP contribution in [0.15, 0.2) is 29.2 Å². The topological polar surface area (TPSA) is 98.8 Å². The molecule has 20 heavy (non-hydrogen) atoms. The average molecular weight is 300 g/mol. The van der Waals surface area contributed by atoms with Crippen molar-refractivity contribution in [2.45, 2.75) is 17.0 Å². The minimum Gasteiger partial charge on any atom is -0.354 e. The first-order valence-corrected chi connectivity index (χ1v) is 7.39. The van der Waals surface area contributed by atoms with E-state index in [1.54, 1.807) is 0 Å². The number of nitro groups is 1. The van der Waals surface area contributed by atoms with Crippen molar-refractivity contribution in [3.63, 3.8) is 0 Å². The molecule has 0 radical (unpaired) electrons. The fraction of sp³-hybridized carbons (Fsp3) is 0.455. The van der Waals surface area contributed by atoms with Crippen molar-refractivity contribution in [1.82, 2.24) is 4.31 Å². The van der Waals surface area contributed by atoms with Crippen LogP contribution >= 0.6 is 0 Å². The van der Waals surface area contributed by atoms with E-state index < -0.39 is 14.9 Å². The van der Waals surface area contributed by atoms with E-state index in [1.165, 1.54) is 28.6 Å². The molecule has 1 aromatic carbocycles. The van der Waals surface area contributed by atoms with Crippen molar-refractivity contribution in [3.8, 4) is 0 Å². The van der Waals surface area contributed by atoms with Crippen molar-refractivity contribution in [2.24, 2.45) is 0 Å². The van der Waals surface area contributed by atoms with Crippen molar-refractivity contribution in [2.75, 3.05) is 20.0 Å². The molecule has 9 heteroatoms.